The zero-order valence-corrected chi connectivity index (χ0v) is 10.7. The van der Waals surface area contributed by atoms with Crippen LogP contribution < -0.4 is 9.92 Å². The van der Waals surface area contributed by atoms with Crippen LogP contribution in [0.1, 0.15) is 0 Å². The van der Waals surface area contributed by atoms with Gasteiger partial charge in [0.15, 0.2) is 0 Å². The first kappa shape index (κ1) is 11.5. The van der Waals surface area contributed by atoms with Gasteiger partial charge in [-0.1, -0.05) is 17.7 Å². The van der Waals surface area contributed by atoms with Gasteiger partial charge >= 0.3 is 6.00 Å². The third-order valence-corrected chi connectivity index (χ3v) is 4.70. The van der Waals surface area contributed by atoms with Crippen molar-refractivity contribution in [2.45, 2.75) is 0 Å². The van der Waals surface area contributed by atoms with E-state index < -0.39 is 6.00 Å². The number of benzene rings is 1. The Labute approximate surface area is 96.6 Å². The van der Waals surface area contributed by atoms with Crippen LogP contribution in [0, 0.1) is 0 Å². The summed E-state index contributed by atoms with van der Waals surface area (Å²) in [4.78, 5) is 0. The molecule has 0 radical (unpaired) electrons. The van der Waals surface area contributed by atoms with Crippen LogP contribution in [-0.2, 0) is 0 Å². The molecule has 0 unspecified atom stereocenters. The van der Waals surface area contributed by atoms with Crippen molar-refractivity contribution in [2.24, 2.45) is 0 Å². The molecule has 0 saturated heterocycles. The number of halogens is 4. The molecule has 0 atom stereocenters. The number of rotatable bonds is 2. The largest absolute Gasteiger partial charge is 0.495 e. The molecular formula is C7H6Cl4OSi. The average Bonchev–Trinajstić information content (AvgIpc) is 2.02. The van der Waals surface area contributed by atoms with Gasteiger partial charge < -0.3 is 4.74 Å². The van der Waals surface area contributed by atoms with Crippen LogP contribution in [0.25, 0.3) is 0 Å². The fourth-order valence-electron chi connectivity index (χ4n) is 0.843. The molecule has 0 bridgehead atoms. The predicted molar refractivity (Wildman–Crippen MR) is 61.0 cm³/mol. The summed E-state index contributed by atoms with van der Waals surface area (Å²) in [5.74, 6) is 0.577. The fraction of sp³-hybridized carbons (Fsp3) is 0.143. The molecule has 0 aliphatic carbocycles. The summed E-state index contributed by atoms with van der Waals surface area (Å²) in [6.07, 6.45) is 0. The minimum atomic E-state index is -2.82. The van der Waals surface area contributed by atoms with Gasteiger partial charge in [0, 0.05) is 0 Å². The smallest absolute Gasteiger partial charge is 0.372 e. The number of methoxy groups -OCH3 is 1. The molecule has 1 aromatic carbocycles. The Bertz CT molecular complexity index is 310. The minimum Gasteiger partial charge on any atom is -0.495 e. The van der Waals surface area contributed by atoms with Crippen molar-refractivity contribution in [3.8, 4) is 5.75 Å². The van der Waals surface area contributed by atoms with Crippen LogP contribution in [0.2, 0.25) is 5.02 Å². The molecule has 72 valence electrons. The second kappa shape index (κ2) is 4.28. The van der Waals surface area contributed by atoms with Gasteiger partial charge in [0.1, 0.15) is 5.75 Å². The summed E-state index contributed by atoms with van der Waals surface area (Å²) in [6.45, 7) is 0. The zero-order chi connectivity index (χ0) is 10.1. The Morgan fingerprint density at radius 1 is 1.23 bits per heavy atom. The first-order chi connectivity index (χ1) is 5.95. The normalized spacial score (nSPS) is 11.5. The van der Waals surface area contributed by atoms with Crippen molar-refractivity contribution >= 4 is 56.0 Å². The van der Waals surface area contributed by atoms with E-state index >= 15 is 0 Å². The summed E-state index contributed by atoms with van der Waals surface area (Å²) in [5, 5.41) is 1.11. The van der Waals surface area contributed by atoms with E-state index in [4.69, 9.17) is 49.6 Å². The highest BCUT2D eigenvalue weighted by atomic mass is 35.8. The van der Waals surface area contributed by atoms with Gasteiger partial charge in [-0.2, -0.15) is 0 Å². The molecule has 6 heteroatoms. The fourth-order valence-corrected chi connectivity index (χ4v) is 2.83. The van der Waals surface area contributed by atoms with Gasteiger partial charge in [-0.05, 0) is 17.3 Å². The van der Waals surface area contributed by atoms with Crippen LogP contribution in [0.4, 0.5) is 0 Å². The molecule has 1 nitrogen and oxygen atoms in total. The van der Waals surface area contributed by atoms with Crippen molar-refractivity contribution in [3.63, 3.8) is 0 Å². The average molecular weight is 276 g/mol. The summed E-state index contributed by atoms with van der Waals surface area (Å²) in [5.41, 5.74) is 0. The SMILES string of the molecule is COc1ccc([Si](Cl)(Cl)Cl)cc1Cl. The molecule has 0 aromatic heterocycles. The van der Waals surface area contributed by atoms with Crippen LogP contribution >= 0.6 is 44.8 Å². The predicted octanol–water partition coefficient (Wildman–Crippen LogP) is 3.21. The number of ether oxygens (including phenoxy) is 1. The van der Waals surface area contributed by atoms with Gasteiger partial charge in [-0.25, -0.2) is 0 Å². The molecule has 0 spiro atoms. The van der Waals surface area contributed by atoms with Gasteiger partial charge in [-0.15, -0.1) is 33.2 Å². The molecule has 0 aliphatic heterocycles. The molecule has 0 N–H and O–H groups in total. The Morgan fingerprint density at radius 2 is 1.85 bits per heavy atom. The number of hydrogen-bond donors (Lipinski definition) is 0. The van der Waals surface area contributed by atoms with E-state index in [2.05, 4.69) is 0 Å². The second-order valence-electron chi connectivity index (χ2n) is 2.35. The lowest BCUT2D eigenvalue weighted by molar-refractivity contribution is 0.415. The van der Waals surface area contributed by atoms with Crippen molar-refractivity contribution in [3.05, 3.63) is 23.2 Å². The van der Waals surface area contributed by atoms with Crippen LogP contribution in [0.3, 0.4) is 0 Å². The van der Waals surface area contributed by atoms with E-state index in [1.54, 1.807) is 18.2 Å². The van der Waals surface area contributed by atoms with E-state index in [1.165, 1.54) is 7.11 Å². The molecule has 1 rings (SSSR count). The molecular weight excluding hydrogens is 270 g/mol. The van der Waals surface area contributed by atoms with E-state index in [1.807, 2.05) is 0 Å². The molecule has 1 aromatic rings. The van der Waals surface area contributed by atoms with Gasteiger partial charge in [-0.3, -0.25) is 0 Å². The van der Waals surface area contributed by atoms with Gasteiger partial charge in [0.2, 0.25) is 0 Å². The zero-order valence-electron chi connectivity index (χ0n) is 6.65. The Kier molecular flexibility index (Phi) is 3.78. The number of hydrogen-bond acceptors (Lipinski definition) is 1. The third-order valence-electron chi connectivity index (χ3n) is 1.48. The first-order valence-corrected chi connectivity index (χ1v) is 8.77. The Hall–Kier alpha value is 0.397. The quantitative estimate of drug-likeness (QED) is 0.595. The molecule has 0 fully saturated rings. The van der Waals surface area contributed by atoms with Crippen molar-refractivity contribution in [1.29, 1.82) is 0 Å². The maximum absolute atomic E-state index is 5.86. The van der Waals surface area contributed by atoms with Crippen LogP contribution in [0.5, 0.6) is 5.75 Å². The lowest BCUT2D eigenvalue weighted by atomic mass is 10.3. The lowest BCUT2D eigenvalue weighted by Crippen LogP contribution is -2.29. The third kappa shape index (κ3) is 2.93. The van der Waals surface area contributed by atoms with E-state index in [-0.39, 0.29) is 0 Å². The van der Waals surface area contributed by atoms with E-state index in [9.17, 15) is 0 Å². The summed E-state index contributed by atoms with van der Waals surface area (Å²) in [7, 11) is 1.54. The van der Waals surface area contributed by atoms with E-state index in [0.717, 1.165) is 0 Å². The van der Waals surface area contributed by atoms with Crippen LogP contribution in [0.15, 0.2) is 18.2 Å². The topological polar surface area (TPSA) is 9.23 Å². The Morgan fingerprint density at radius 3 is 2.23 bits per heavy atom. The van der Waals surface area contributed by atoms with Crippen LogP contribution in [-0.4, -0.2) is 13.1 Å². The summed E-state index contributed by atoms with van der Waals surface area (Å²) in [6, 6.07) is 2.20. The summed E-state index contributed by atoms with van der Waals surface area (Å²) < 4.78 is 4.97. The van der Waals surface area contributed by atoms with Gasteiger partial charge in [0.25, 0.3) is 0 Å². The van der Waals surface area contributed by atoms with Gasteiger partial charge in [0.05, 0.1) is 12.1 Å². The summed E-state index contributed by atoms with van der Waals surface area (Å²) >= 11 is 23.2. The van der Waals surface area contributed by atoms with Crippen molar-refractivity contribution in [1.82, 2.24) is 0 Å². The highest BCUT2D eigenvalue weighted by Crippen LogP contribution is 2.26. The molecule has 0 saturated carbocycles. The van der Waals surface area contributed by atoms with Crippen molar-refractivity contribution < 1.29 is 4.74 Å². The molecule has 0 aliphatic rings. The monoisotopic (exact) mass is 274 g/mol. The van der Waals surface area contributed by atoms with E-state index in [0.29, 0.717) is 16.0 Å². The molecule has 0 amide bonds. The molecule has 0 heterocycles. The minimum absolute atomic E-state index is 0.457. The first-order valence-electron chi connectivity index (χ1n) is 3.36. The highest BCUT2D eigenvalue weighted by molar-refractivity contribution is 7.69. The maximum atomic E-state index is 5.86. The Balaban J connectivity index is 3.10. The maximum Gasteiger partial charge on any atom is 0.372 e. The van der Waals surface area contributed by atoms with Crippen molar-refractivity contribution in [2.75, 3.05) is 7.11 Å². The second-order valence-corrected chi connectivity index (χ2v) is 11.2. The lowest BCUT2D eigenvalue weighted by Gasteiger charge is -2.10. The standard InChI is InChI=1S/C7H6Cl4OSi/c1-12-7-3-2-5(4-6(7)8)13(9,10)11/h2-4H,1H3. The highest BCUT2D eigenvalue weighted by Gasteiger charge is 2.28. The molecule has 13 heavy (non-hydrogen) atoms.